The Morgan fingerprint density at radius 1 is 0.750 bits per heavy atom. The van der Waals surface area contributed by atoms with Crippen molar-refractivity contribution in [3.05, 3.63) is 59.7 Å². The Morgan fingerprint density at radius 2 is 1.17 bits per heavy atom. The second-order valence-electron chi connectivity index (χ2n) is 11.1. The third-order valence-electron chi connectivity index (χ3n) is 5.42. The van der Waals surface area contributed by atoms with Crippen LogP contribution in [0.15, 0.2) is 48.5 Å². The summed E-state index contributed by atoms with van der Waals surface area (Å²) in [7, 11) is -4.52. The van der Waals surface area contributed by atoms with Gasteiger partial charge in [0.15, 0.2) is 19.9 Å². The number of hydrogen-bond donors (Lipinski definition) is 2. The van der Waals surface area contributed by atoms with Crippen molar-refractivity contribution >= 4 is 28.4 Å². The van der Waals surface area contributed by atoms with E-state index in [1.54, 1.807) is 48.5 Å². The van der Waals surface area contributed by atoms with E-state index in [1.807, 2.05) is 13.1 Å². The van der Waals surface area contributed by atoms with Gasteiger partial charge < -0.3 is 23.5 Å². The maximum absolute atomic E-state index is 12.2. The minimum absolute atomic E-state index is 0.327. The number of carbonyl (C=O) groups is 2. The fraction of sp³-hybridized carbons (Fsp3) is 0.481. The molecule has 0 aliphatic carbocycles. The molecule has 0 spiro atoms. The van der Waals surface area contributed by atoms with Crippen LogP contribution in [0, 0.1) is 0 Å². The van der Waals surface area contributed by atoms with Crippen molar-refractivity contribution in [2.24, 2.45) is 0 Å². The summed E-state index contributed by atoms with van der Waals surface area (Å²) in [4.78, 5) is 24.3. The van der Waals surface area contributed by atoms with Crippen LogP contribution in [-0.2, 0) is 4.12 Å². The van der Waals surface area contributed by atoms with Gasteiger partial charge in [-0.2, -0.15) is 0 Å². The monoisotopic (exact) mass is 532 g/mol. The summed E-state index contributed by atoms with van der Waals surface area (Å²) in [5.41, 5.74) is -1.94. The number of ketones is 2. The van der Waals surface area contributed by atoms with Gasteiger partial charge in [0.1, 0.15) is 22.7 Å². The zero-order valence-corrected chi connectivity index (χ0v) is 24.7. The molecule has 2 aromatic rings. The Balaban J connectivity index is 1.84. The highest BCUT2D eigenvalue weighted by Crippen LogP contribution is 2.25. The Kier molecular flexibility index (Phi) is 9.47. The Morgan fingerprint density at radius 3 is 1.58 bits per heavy atom. The largest absolute Gasteiger partial charge is 0.521 e. The van der Waals surface area contributed by atoms with Gasteiger partial charge >= 0.3 is 8.56 Å². The highest BCUT2D eigenvalue weighted by Gasteiger charge is 2.36. The molecule has 0 saturated carbocycles. The minimum atomic E-state index is -2.48. The molecule has 0 atom stereocenters. The summed E-state index contributed by atoms with van der Waals surface area (Å²) in [6.45, 7) is 14.7. The third-order valence-corrected chi connectivity index (χ3v) is 11.9. The quantitative estimate of drug-likeness (QED) is 0.203. The molecule has 0 saturated heterocycles. The molecule has 0 unspecified atom stereocenters. The molecule has 0 aliphatic rings. The molecule has 2 rings (SSSR count). The van der Waals surface area contributed by atoms with Crippen LogP contribution in [0.2, 0.25) is 32.2 Å². The van der Waals surface area contributed by atoms with Crippen LogP contribution >= 0.6 is 0 Å². The van der Waals surface area contributed by atoms with E-state index >= 15 is 0 Å². The Bertz CT molecular complexity index is 1030. The van der Waals surface area contributed by atoms with E-state index < -0.39 is 28.1 Å². The maximum atomic E-state index is 12.2. The lowest BCUT2D eigenvalue weighted by atomic mass is 9.97. The van der Waals surface area contributed by atoms with E-state index in [0.29, 0.717) is 29.2 Å². The van der Waals surface area contributed by atoms with E-state index in [9.17, 15) is 19.8 Å². The second kappa shape index (κ2) is 11.4. The zero-order valence-electron chi connectivity index (χ0n) is 22.7. The van der Waals surface area contributed by atoms with Crippen LogP contribution in [0.1, 0.15) is 54.8 Å². The zero-order chi connectivity index (χ0) is 27.4. The van der Waals surface area contributed by atoms with Crippen molar-refractivity contribution in [3.8, 4) is 11.5 Å². The van der Waals surface area contributed by atoms with Crippen molar-refractivity contribution in [2.75, 3.05) is 6.61 Å². The van der Waals surface area contributed by atoms with Crippen LogP contribution in [0.4, 0.5) is 0 Å². The fourth-order valence-electron chi connectivity index (χ4n) is 3.79. The minimum Gasteiger partial charge on any atom is -0.521 e. The van der Waals surface area contributed by atoms with Crippen LogP contribution in [0.5, 0.6) is 11.5 Å². The number of Topliss-reactive ketones (excluding diaryl/α,β-unsaturated/α-hetero) is 2. The molecule has 0 amide bonds. The van der Waals surface area contributed by atoms with E-state index in [4.69, 9.17) is 13.3 Å². The van der Waals surface area contributed by atoms with Gasteiger partial charge in [0.2, 0.25) is 0 Å². The van der Waals surface area contributed by atoms with Crippen molar-refractivity contribution in [2.45, 2.75) is 77.6 Å². The molecule has 36 heavy (non-hydrogen) atoms. The molecule has 7 nitrogen and oxygen atoms in total. The number of ether oxygens (including phenoxy) is 1. The standard InChI is InChI=1S/C27H40O7Si2/c1-26(2,30)24(28)20-10-14-22(15-11-20)32-18-9-19-35(5,6)34-36(7,8)33-23-16-12-21(13-17-23)25(29)27(3,4)31/h10-17,30-31H,9,18-19H2,1-8H3. The van der Waals surface area contributed by atoms with Gasteiger partial charge in [-0.05, 0) is 115 Å². The summed E-state index contributed by atoms with van der Waals surface area (Å²) in [5.74, 6) is 0.647. The van der Waals surface area contributed by atoms with Gasteiger partial charge in [-0.1, -0.05) is 0 Å². The summed E-state index contributed by atoms with van der Waals surface area (Å²) in [6, 6.07) is 14.5. The van der Waals surface area contributed by atoms with E-state index in [-0.39, 0.29) is 11.6 Å². The molecule has 198 valence electrons. The topological polar surface area (TPSA) is 102 Å². The first-order valence-electron chi connectivity index (χ1n) is 12.2. The molecular weight excluding hydrogens is 492 g/mol. The lowest BCUT2D eigenvalue weighted by Gasteiger charge is -2.33. The molecule has 0 fully saturated rings. The molecule has 2 aromatic carbocycles. The first-order valence-corrected chi connectivity index (χ1v) is 18.1. The highest BCUT2D eigenvalue weighted by atomic mass is 28.4. The molecule has 0 aromatic heterocycles. The molecule has 0 radical (unpaired) electrons. The van der Waals surface area contributed by atoms with Gasteiger partial charge in [-0.15, -0.1) is 0 Å². The van der Waals surface area contributed by atoms with Crippen molar-refractivity contribution in [1.82, 2.24) is 0 Å². The van der Waals surface area contributed by atoms with Crippen molar-refractivity contribution in [3.63, 3.8) is 0 Å². The van der Waals surface area contributed by atoms with Gasteiger partial charge in [-0.3, -0.25) is 9.59 Å². The maximum Gasteiger partial charge on any atom is 0.382 e. The summed E-state index contributed by atoms with van der Waals surface area (Å²) < 4.78 is 18.5. The third kappa shape index (κ3) is 9.29. The summed E-state index contributed by atoms with van der Waals surface area (Å²) in [6.07, 6.45) is 0.821. The lowest BCUT2D eigenvalue weighted by Crippen LogP contribution is -2.48. The Labute approximate surface area is 216 Å². The van der Waals surface area contributed by atoms with Crippen LogP contribution in [0.3, 0.4) is 0 Å². The number of hydrogen-bond acceptors (Lipinski definition) is 7. The average molecular weight is 533 g/mol. The molecular formula is C27H40O7Si2. The average Bonchev–Trinajstić information content (AvgIpc) is 2.74. The van der Waals surface area contributed by atoms with Crippen LogP contribution < -0.4 is 9.16 Å². The normalized spacial score (nSPS) is 12.8. The lowest BCUT2D eigenvalue weighted by molar-refractivity contribution is 0.0487. The molecule has 0 heterocycles. The molecule has 9 heteroatoms. The second-order valence-corrected chi connectivity index (χ2v) is 19.0. The van der Waals surface area contributed by atoms with E-state index in [0.717, 1.165) is 12.5 Å². The SMILES string of the molecule is CC(C)(O)C(=O)c1ccc(OCCC[Si](C)(C)O[Si](C)(C)Oc2ccc(C(=O)C(C)(C)O)cc2)cc1. The first kappa shape index (κ1) is 29.9. The van der Waals surface area contributed by atoms with Gasteiger partial charge in [0.25, 0.3) is 0 Å². The van der Waals surface area contributed by atoms with Crippen molar-refractivity contribution in [1.29, 1.82) is 0 Å². The highest BCUT2D eigenvalue weighted by molar-refractivity contribution is 6.82. The van der Waals surface area contributed by atoms with Crippen LogP contribution in [0.25, 0.3) is 0 Å². The first-order chi connectivity index (χ1) is 16.4. The summed E-state index contributed by atoms with van der Waals surface area (Å²) >= 11 is 0. The molecule has 0 aliphatic heterocycles. The predicted octanol–water partition coefficient (Wildman–Crippen LogP) is 5.37. The summed E-state index contributed by atoms with van der Waals surface area (Å²) in [5, 5.41) is 19.8. The fourth-order valence-corrected chi connectivity index (χ4v) is 11.4. The number of benzene rings is 2. The number of rotatable bonds is 13. The molecule has 0 bridgehead atoms. The number of carbonyl (C=O) groups excluding carboxylic acids is 2. The number of aliphatic hydroxyl groups is 2. The van der Waals surface area contributed by atoms with E-state index in [1.165, 1.54) is 27.7 Å². The molecule has 2 N–H and O–H groups in total. The van der Waals surface area contributed by atoms with Gasteiger partial charge in [0.05, 0.1) is 6.61 Å². The van der Waals surface area contributed by atoms with Gasteiger partial charge in [0, 0.05) is 11.1 Å². The smallest absolute Gasteiger partial charge is 0.382 e. The van der Waals surface area contributed by atoms with Gasteiger partial charge in [-0.25, -0.2) is 0 Å². The van der Waals surface area contributed by atoms with E-state index in [2.05, 4.69) is 13.1 Å². The Hall–Kier alpha value is -2.31. The van der Waals surface area contributed by atoms with Crippen LogP contribution in [-0.4, -0.2) is 56.5 Å². The predicted molar refractivity (Wildman–Crippen MR) is 146 cm³/mol. The van der Waals surface area contributed by atoms with Crippen molar-refractivity contribution < 1.29 is 33.1 Å².